The van der Waals surface area contributed by atoms with Crippen LogP contribution in [0.1, 0.15) is 42.5 Å². The first-order chi connectivity index (χ1) is 13.0. The molecule has 6 nitrogen and oxygen atoms in total. The highest BCUT2D eigenvalue weighted by molar-refractivity contribution is 5.94. The van der Waals surface area contributed by atoms with Crippen LogP contribution in [-0.2, 0) is 4.79 Å². The highest BCUT2D eigenvalue weighted by atomic mass is 19.1. The van der Waals surface area contributed by atoms with Crippen molar-refractivity contribution in [3.05, 3.63) is 29.6 Å². The van der Waals surface area contributed by atoms with Crippen LogP contribution in [0.15, 0.2) is 18.2 Å². The highest BCUT2D eigenvalue weighted by Crippen LogP contribution is 2.40. The van der Waals surface area contributed by atoms with Crippen molar-refractivity contribution >= 4 is 11.8 Å². The lowest BCUT2D eigenvalue weighted by molar-refractivity contribution is -0.139. The lowest BCUT2D eigenvalue weighted by Gasteiger charge is -2.47. The first-order valence-electron chi connectivity index (χ1n) is 9.49. The Kier molecular flexibility index (Phi) is 5.99. The lowest BCUT2D eigenvalue weighted by atomic mass is 9.72. The molecule has 2 amide bonds. The molecule has 0 unspecified atom stereocenters. The van der Waals surface area contributed by atoms with Gasteiger partial charge >= 0.3 is 0 Å². The molecule has 1 aromatic rings. The molecule has 2 aliphatic rings. The second-order valence-electron chi connectivity index (χ2n) is 7.53. The molecule has 0 radical (unpaired) electrons. The second kappa shape index (κ2) is 8.25. The molecular formula is C20H27FN2O4. The van der Waals surface area contributed by atoms with Gasteiger partial charge in [0.2, 0.25) is 5.91 Å². The number of nitrogens with zero attached hydrogens (tertiary/aromatic N) is 2. The molecule has 2 heterocycles. The first-order valence-corrected chi connectivity index (χ1v) is 9.49. The predicted octanol–water partition coefficient (Wildman–Crippen LogP) is 2.06. The summed E-state index contributed by atoms with van der Waals surface area (Å²) in [6, 6.07) is 4.28. The zero-order valence-corrected chi connectivity index (χ0v) is 15.7. The third-order valence-corrected chi connectivity index (χ3v) is 5.84. The fourth-order valence-electron chi connectivity index (χ4n) is 4.14. The van der Waals surface area contributed by atoms with Crippen molar-refractivity contribution in [2.75, 3.05) is 39.9 Å². The number of halogens is 1. The number of rotatable bonds is 5. The topological polar surface area (TPSA) is 70.1 Å². The molecule has 0 atom stereocenters. The Morgan fingerprint density at radius 3 is 2.67 bits per heavy atom. The van der Waals surface area contributed by atoms with Gasteiger partial charge < -0.3 is 19.6 Å². The second-order valence-corrected chi connectivity index (χ2v) is 7.53. The number of aliphatic hydroxyl groups excluding tert-OH is 1. The minimum Gasteiger partial charge on any atom is -0.494 e. The van der Waals surface area contributed by atoms with Crippen molar-refractivity contribution in [1.29, 1.82) is 0 Å². The molecule has 0 aliphatic carbocycles. The lowest BCUT2D eigenvalue weighted by Crippen LogP contribution is -2.52. The third kappa shape index (κ3) is 4.24. The molecule has 0 bridgehead atoms. The molecule has 3 rings (SSSR count). The summed E-state index contributed by atoms with van der Waals surface area (Å²) in [5.74, 6) is -0.433. The summed E-state index contributed by atoms with van der Waals surface area (Å²) in [5, 5.41) is 9.02. The van der Waals surface area contributed by atoms with E-state index in [9.17, 15) is 14.0 Å². The number of hydrogen-bond acceptors (Lipinski definition) is 4. The van der Waals surface area contributed by atoms with Crippen molar-refractivity contribution < 1.29 is 23.8 Å². The molecule has 0 aromatic heterocycles. The molecule has 0 saturated carbocycles. The molecule has 27 heavy (non-hydrogen) atoms. The van der Waals surface area contributed by atoms with Gasteiger partial charge in [-0.15, -0.1) is 0 Å². The number of hydrogen-bond donors (Lipinski definition) is 1. The number of methoxy groups -OCH3 is 1. The van der Waals surface area contributed by atoms with Crippen molar-refractivity contribution in [2.45, 2.75) is 32.1 Å². The number of piperidine rings is 2. The van der Waals surface area contributed by atoms with Gasteiger partial charge in [-0.3, -0.25) is 9.59 Å². The smallest absolute Gasteiger partial charge is 0.253 e. The van der Waals surface area contributed by atoms with Gasteiger partial charge in [-0.05, 0) is 49.3 Å². The Hall–Kier alpha value is -2.15. The van der Waals surface area contributed by atoms with Crippen LogP contribution in [0.25, 0.3) is 0 Å². The van der Waals surface area contributed by atoms with E-state index < -0.39 is 5.82 Å². The van der Waals surface area contributed by atoms with E-state index in [0.29, 0.717) is 44.6 Å². The summed E-state index contributed by atoms with van der Waals surface area (Å²) in [5.41, 5.74) is 0.373. The van der Waals surface area contributed by atoms with Crippen LogP contribution >= 0.6 is 0 Å². The van der Waals surface area contributed by atoms with Gasteiger partial charge in [0.1, 0.15) is 0 Å². The zero-order chi connectivity index (χ0) is 19.4. The van der Waals surface area contributed by atoms with E-state index >= 15 is 0 Å². The Balaban J connectivity index is 1.62. The Morgan fingerprint density at radius 1 is 1.30 bits per heavy atom. The maximum Gasteiger partial charge on any atom is 0.253 e. The molecule has 148 valence electrons. The van der Waals surface area contributed by atoms with Crippen LogP contribution in [0.3, 0.4) is 0 Å². The molecule has 7 heteroatoms. The van der Waals surface area contributed by atoms with Crippen molar-refractivity contribution in [2.24, 2.45) is 5.41 Å². The van der Waals surface area contributed by atoms with Crippen LogP contribution in [0.2, 0.25) is 0 Å². The summed E-state index contributed by atoms with van der Waals surface area (Å²) in [6.45, 7) is 2.58. The Labute approximate surface area is 158 Å². The normalized spacial score (nSPS) is 19.4. The van der Waals surface area contributed by atoms with Gasteiger partial charge in [0.05, 0.1) is 7.11 Å². The molecule has 2 saturated heterocycles. The van der Waals surface area contributed by atoms with Gasteiger partial charge in [0.15, 0.2) is 11.6 Å². The predicted molar refractivity (Wildman–Crippen MR) is 98.0 cm³/mol. The first kappa shape index (κ1) is 19.6. The van der Waals surface area contributed by atoms with Gasteiger partial charge in [-0.2, -0.15) is 0 Å². The number of ether oxygens (including phenoxy) is 1. The van der Waals surface area contributed by atoms with Crippen molar-refractivity contribution in [3.63, 3.8) is 0 Å². The fraction of sp³-hybridized carbons (Fsp3) is 0.600. The van der Waals surface area contributed by atoms with Crippen LogP contribution in [0.4, 0.5) is 4.39 Å². The molecule has 2 aliphatic heterocycles. The monoisotopic (exact) mass is 378 g/mol. The van der Waals surface area contributed by atoms with Crippen LogP contribution in [0.5, 0.6) is 5.75 Å². The molecule has 1 N–H and O–H groups in total. The summed E-state index contributed by atoms with van der Waals surface area (Å²) in [6.07, 6.45) is 3.64. The molecular weight excluding hydrogens is 351 g/mol. The average molecular weight is 378 g/mol. The zero-order valence-electron chi connectivity index (χ0n) is 15.7. The molecule has 2 fully saturated rings. The Bertz CT molecular complexity index is 701. The fourth-order valence-corrected chi connectivity index (χ4v) is 4.14. The van der Waals surface area contributed by atoms with E-state index in [2.05, 4.69) is 0 Å². The molecule has 1 spiro atoms. The van der Waals surface area contributed by atoms with Crippen molar-refractivity contribution in [3.8, 4) is 5.75 Å². The van der Waals surface area contributed by atoms with E-state index in [4.69, 9.17) is 9.84 Å². The van der Waals surface area contributed by atoms with Crippen molar-refractivity contribution in [1.82, 2.24) is 9.80 Å². The summed E-state index contributed by atoms with van der Waals surface area (Å²) in [4.78, 5) is 28.4. The highest BCUT2D eigenvalue weighted by Gasteiger charge is 2.41. The molecule has 1 aromatic carbocycles. The van der Waals surface area contributed by atoms with Gasteiger partial charge in [0, 0.05) is 44.8 Å². The van der Waals surface area contributed by atoms with Crippen LogP contribution < -0.4 is 4.74 Å². The van der Waals surface area contributed by atoms with Crippen LogP contribution in [-0.4, -0.2) is 66.6 Å². The van der Waals surface area contributed by atoms with E-state index in [1.54, 1.807) is 11.0 Å². The largest absolute Gasteiger partial charge is 0.494 e. The number of likely N-dealkylation sites (tertiary alicyclic amines) is 2. The number of amides is 2. The average Bonchev–Trinajstić information content (AvgIpc) is 2.69. The quantitative estimate of drug-likeness (QED) is 0.852. The van der Waals surface area contributed by atoms with E-state index in [1.807, 2.05) is 4.90 Å². The summed E-state index contributed by atoms with van der Waals surface area (Å²) >= 11 is 0. The van der Waals surface area contributed by atoms with E-state index in [1.165, 1.54) is 19.2 Å². The van der Waals surface area contributed by atoms with Gasteiger partial charge in [0.25, 0.3) is 5.91 Å². The maximum absolute atomic E-state index is 13.9. The van der Waals surface area contributed by atoms with E-state index in [-0.39, 0.29) is 29.6 Å². The standard InChI is InChI=1S/C20H27FN2O4/c1-27-17-4-3-15(13-16(17)21)19(26)22-10-7-20(8-11-22)6-5-18(25)23(14-20)9-2-12-24/h3-4,13,24H,2,5-12,14H2,1H3. The number of carbonyl (C=O) groups excluding carboxylic acids is 2. The SMILES string of the molecule is COc1ccc(C(=O)N2CCC3(CCC(=O)N(CCCO)C3)CC2)cc1F. The minimum absolute atomic E-state index is 0.0469. The van der Waals surface area contributed by atoms with Gasteiger partial charge in [-0.25, -0.2) is 4.39 Å². The van der Waals surface area contributed by atoms with Gasteiger partial charge in [-0.1, -0.05) is 0 Å². The third-order valence-electron chi connectivity index (χ3n) is 5.84. The number of aliphatic hydroxyl groups is 1. The maximum atomic E-state index is 13.9. The van der Waals surface area contributed by atoms with Crippen LogP contribution in [0, 0.1) is 11.2 Å². The van der Waals surface area contributed by atoms with E-state index in [0.717, 1.165) is 19.3 Å². The minimum atomic E-state index is -0.540. The number of carbonyl (C=O) groups is 2. The summed E-state index contributed by atoms with van der Waals surface area (Å²) < 4.78 is 18.8. The Morgan fingerprint density at radius 2 is 2.04 bits per heavy atom. The number of benzene rings is 1. The summed E-state index contributed by atoms with van der Waals surface area (Å²) in [7, 11) is 1.39.